The predicted molar refractivity (Wildman–Crippen MR) is 68.6 cm³/mol. The molecule has 0 radical (unpaired) electrons. The van der Waals surface area contributed by atoms with Crippen molar-refractivity contribution in [3.8, 4) is 0 Å². The van der Waals surface area contributed by atoms with Gasteiger partial charge >= 0.3 is 0 Å². The van der Waals surface area contributed by atoms with E-state index in [0.29, 0.717) is 11.2 Å². The molecule has 2 nitrogen and oxygen atoms in total. The summed E-state index contributed by atoms with van der Waals surface area (Å²) in [6, 6.07) is 4.53. The third kappa shape index (κ3) is 2.63. The Hall–Kier alpha value is -0.860. The number of aromatic nitrogens is 1. The first-order chi connectivity index (χ1) is 7.66. The van der Waals surface area contributed by atoms with E-state index in [2.05, 4.69) is 29.8 Å². The summed E-state index contributed by atoms with van der Waals surface area (Å²) in [7, 11) is 0. The van der Waals surface area contributed by atoms with Crippen LogP contribution >= 0.6 is 11.6 Å². The number of hydrogen-bond donors (Lipinski definition) is 0. The summed E-state index contributed by atoms with van der Waals surface area (Å²) in [5.74, 6) is 0. The van der Waals surface area contributed by atoms with Crippen molar-refractivity contribution < 1.29 is 0 Å². The van der Waals surface area contributed by atoms with Gasteiger partial charge in [0.15, 0.2) is 0 Å². The SMILES string of the molecule is CC(C)N1CC=C(c2ccc(Cl)nc2)CC1. The number of nitrogens with zero attached hydrogens (tertiary/aromatic N) is 2. The van der Waals surface area contributed by atoms with E-state index in [4.69, 9.17) is 11.6 Å². The van der Waals surface area contributed by atoms with E-state index in [1.165, 1.54) is 11.1 Å². The summed E-state index contributed by atoms with van der Waals surface area (Å²) in [4.78, 5) is 6.58. The Morgan fingerprint density at radius 3 is 2.69 bits per heavy atom. The first-order valence-corrected chi connectivity index (χ1v) is 6.09. The van der Waals surface area contributed by atoms with E-state index in [0.717, 1.165) is 19.5 Å². The molecule has 2 heterocycles. The highest BCUT2D eigenvalue weighted by molar-refractivity contribution is 6.29. The molecule has 86 valence electrons. The minimum absolute atomic E-state index is 0.559. The average Bonchev–Trinajstić information content (AvgIpc) is 2.30. The third-order valence-corrected chi connectivity index (χ3v) is 3.29. The molecule has 1 aromatic heterocycles. The van der Waals surface area contributed by atoms with E-state index >= 15 is 0 Å². The number of pyridine rings is 1. The molecule has 2 rings (SSSR count). The number of halogens is 1. The van der Waals surface area contributed by atoms with Crippen molar-refractivity contribution in [2.45, 2.75) is 26.3 Å². The van der Waals surface area contributed by atoms with Gasteiger partial charge in [0.2, 0.25) is 0 Å². The monoisotopic (exact) mass is 236 g/mol. The smallest absolute Gasteiger partial charge is 0.129 e. The molecule has 0 unspecified atom stereocenters. The standard InChI is InChI=1S/C13H17ClN2/c1-10(2)16-7-5-11(6-8-16)12-3-4-13(14)15-9-12/h3-5,9-10H,6-8H2,1-2H3. The first-order valence-electron chi connectivity index (χ1n) is 5.72. The lowest BCUT2D eigenvalue weighted by Crippen LogP contribution is -2.34. The molecule has 0 fully saturated rings. The van der Waals surface area contributed by atoms with Crippen LogP contribution in [-0.2, 0) is 0 Å². The third-order valence-electron chi connectivity index (χ3n) is 3.07. The fraction of sp³-hybridized carbons (Fsp3) is 0.462. The van der Waals surface area contributed by atoms with Crippen LogP contribution in [0.5, 0.6) is 0 Å². The van der Waals surface area contributed by atoms with Crippen LogP contribution in [0.3, 0.4) is 0 Å². The van der Waals surface area contributed by atoms with Gasteiger partial charge in [0.25, 0.3) is 0 Å². The molecule has 0 saturated carbocycles. The van der Waals surface area contributed by atoms with Crippen molar-refractivity contribution >= 4 is 17.2 Å². The predicted octanol–water partition coefficient (Wildman–Crippen LogP) is 3.23. The zero-order valence-corrected chi connectivity index (χ0v) is 10.5. The molecule has 0 aromatic carbocycles. The highest BCUT2D eigenvalue weighted by Crippen LogP contribution is 2.23. The molecule has 1 aromatic rings. The lowest BCUT2D eigenvalue weighted by atomic mass is 10.0. The Kier molecular flexibility index (Phi) is 3.62. The van der Waals surface area contributed by atoms with Crippen LogP contribution in [0.25, 0.3) is 5.57 Å². The van der Waals surface area contributed by atoms with Gasteiger partial charge in [-0.05, 0) is 37.5 Å². The zero-order valence-electron chi connectivity index (χ0n) is 9.78. The summed E-state index contributed by atoms with van der Waals surface area (Å²) in [6.45, 7) is 6.65. The minimum atomic E-state index is 0.559. The molecule has 1 aliphatic rings. The lowest BCUT2D eigenvalue weighted by molar-refractivity contribution is 0.245. The maximum absolute atomic E-state index is 5.78. The van der Waals surface area contributed by atoms with Gasteiger partial charge in [-0.1, -0.05) is 23.7 Å². The van der Waals surface area contributed by atoms with Crippen LogP contribution in [0, 0.1) is 0 Å². The number of rotatable bonds is 2. The normalized spacial score (nSPS) is 17.6. The maximum Gasteiger partial charge on any atom is 0.129 e. The molecule has 0 bridgehead atoms. The van der Waals surface area contributed by atoms with Crippen molar-refractivity contribution in [3.05, 3.63) is 35.1 Å². The van der Waals surface area contributed by atoms with Gasteiger partial charge in [-0.2, -0.15) is 0 Å². The summed E-state index contributed by atoms with van der Waals surface area (Å²) in [5, 5.41) is 0.559. The fourth-order valence-electron chi connectivity index (χ4n) is 1.98. The first kappa shape index (κ1) is 11.6. The highest BCUT2D eigenvalue weighted by atomic mass is 35.5. The minimum Gasteiger partial charge on any atom is -0.297 e. The lowest BCUT2D eigenvalue weighted by Gasteiger charge is -2.29. The van der Waals surface area contributed by atoms with Crippen LogP contribution in [0.15, 0.2) is 24.4 Å². The second-order valence-corrected chi connectivity index (χ2v) is 4.82. The van der Waals surface area contributed by atoms with E-state index < -0.39 is 0 Å². The Morgan fingerprint density at radius 2 is 2.19 bits per heavy atom. The van der Waals surface area contributed by atoms with Gasteiger partial charge in [-0.15, -0.1) is 0 Å². The zero-order chi connectivity index (χ0) is 11.5. The maximum atomic E-state index is 5.78. The van der Waals surface area contributed by atoms with Crippen molar-refractivity contribution in [1.82, 2.24) is 9.88 Å². The van der Waals surface area contributed by atoms with Gasteiger partial charge in [-0.3, -0.25) is 4.90 Å². The van der Waals surface area contributed by atoms with Crippen molar-refractivity contribution in [3.63, 3.8) is 0 Å². The van der Waals surface area contributed by atoms with Crippen molar-refractivity contribution in [2.75, 3.05) is 13.1 Å². The van der Waals surface area contributed by atoms with E-state index in [9.17, 15) is 0 Å². The molecule has 0 spiro atoms. The molecule has 0 aliphatic carbocycles. The Bertz CT molecular complexity index is 381. The van der Waals surface area contributed by atoms with Crippen LogP contribution < -0.4 is 0 Å². The molecule has 0 saturated heterocycles. The van der Waals surface area contributed by atoms with Gasteiger partial charge in [0.05, 0.1) is 0 Å². The number of hydrogen-bond acceptors (Lipinski definition) is 2. The quantitative estimate of drug-likeness (QED) is 0.733. The molecule has 1 aliphatic heterocycles. The Morgan fingerprint density at radius 1 is 1.38 bits per heavy atom. The topological polar surface area (TPSA) is 16.1 Å². The van der Waals surface area contributed by atoms with Crippen LogP contribution in [-0.4, -0.2) is 29.0 Å². The fourth-order valence-corrected chi connectivity index (χ4v) is 2.09. The molecule has 0 N–H and O–H groups in total. The largest absolute Gasteiger partial charge is 0.297 e. The van der Waals surface area contributed by atoms with E-state index in [-0.39, 0.29) is 0 Å². The Labute approximate surface area is 102 Å². The molecule has 3 heteroatoms. The van der Waals surface area contributed by atoms with Crippen molar-refractivity contribution in [1.29, 1.82) is 0 Å². The average molecular weight is 237 g/mol. The highest BCUT2D eigenvalue weighted by Gasteiger charge is 2.14. The second-order valence-electron chi connectivity index (χ2n) is 4.44. The van der Waals surface area contributed by atoms with Crippen LogP contribution in [0.1, 0.15) is 25.8 Å². The molecule has 16 heavy (non-hydrogen) atoms. The molecular weight excluding hydrogens is 220 g/mol. The van der Waals surface area contributed by atoms with E-state index in [1.807, 2.05) is 18.3 Å². The second kappa shape index (κ2) is 4.98. The summed E-state index contributed by atoms with van der Waals surface area (Å²) in [5.41, 5.74) is 2.59. The van der Waals surface area contributed by atoms with Gasteiger partial charge in [0.1, 0.15) is 5.15 Å². The van der Waals surface area contributed by atoms with E-state index in [1.54, 1.807) is 0 Å². The van der Waals surface area contributed by atoms with Gasteiger partial charge in [-0.25, -0.2) is 4.98 Å². The molecule has 0 atom stereocenters. The van der Waals surface area contributed by atoms with Crippen molar-refractivity contribution in [2.24, 2.45) is 0 Å². The molecular formula is C13H17ClN2. The Balaban J connectivity index is 2.10. The summed E-state index contributed by atoms with van der Waals surface area (Å²) < 4.78 is 0. The molecule has 0 amide bonds. The van der Waals surface area contributed by atoms with Crippen LogP contribution in [0.2, 0.25) is 5.15 Å². The van der Waals surface area contributed by atoms with Crippen LogP contribution in [0.4, 0.5) is 0 Å². The van der Waals surface area contributed by atoms with Gasteiger partial charge in [0, 0.05) is 25.3 Å². The van der Waals surface area contributed by atoms with Gasteiger partial charge < -0.3 is 0 Å². The summed E-state index contributed by atoms with van der Waals surface area (Å²) in [6.07, 6.45) is 5.26. The summed E-state index contributed by atoms with van der Waals surface area (Å²) >= 11 is 5.78.